The zero-order chi connectivity index (χ0) is 17.1. The summed E-state index contributed by atoms with van der Waals surface area (Å²) >= 11 is 4.96. The van der Waals surface area contributed by atoms with Crippen molar-refractivity contribution in [2.24, 2.45) is 0 Å². The molecule has 0 aromatic heterocycles. The van der Waals surface area contributed by atoms with E-state index in [-0.39, 0.29) is 11.9 Å². The van der Waals surface area contributed by atoms with Crippen LogP contribution >= 0.6 is 12.2 Å². The van der Waals surface area contributed by atoms with Crippen LogP contribution in [-0.4, -0.2) is 30.3 Å². The fraction of sp³-hybridized carbons (Fsp3) is 0.556. The summed E-state index contributed by atoms with van der Waals surface area (Å²) in [6, 6.07) is 5.13. The molecule has 1 amide bonds. The van der Waals surface area contributed by atoms with E-state index in [9.17, 15) is 9.18 Å². The molecule has 1 aliphatic heterocycles. The molecule has 0 unspecified atom stereocenters. The number of carbonyl (C=O) groups excluding carboxylic acids is 1. The van der Waals surface area contributed by atoms with Gasteiger partial charge in [-0.1, -0.05) is 37.5 Å². The van der Waals surface area contributed by atoms with Crippen LogP contribution in [0.25, 0.3) is 0 Å². The number of rotatable bonds is 4. The standard InChI is InChI=1S/C18H23FN2O2S/c1-12(24)20-10-15-11-21(18(22)23-15)14-7-8-16(17(19)9-14)13-5-3-2-4-6-13/h7-9,13,15H,2-6,10-11H2,1H3,(H,20,24)/t15-/m0/s1. The lowest BCUT2D eigenvalue weighted by molar-refractivity contribution is 0.143. The van der Waals surface area contributed by atoms with Crippen molar-refractivity contribution in [3.8, 4) is 0 Å². The Hall–Kier alpha value is -1.69. The number of benzene rings is 1. The van der Waals surface area contributed by atoms with Gasteiger partial charge in [-0.15, -0.1) is 0 Å². The summed E-state index contributed by atoms with van der Waals surface area (Å²) in [5.74, 6) is 0.0874. The maximum Gasteiger partial charge on any atom is 0.414 e. The molecule has 4 nitrogen and oxygen atoms in total. The Balaban J connectivity index is 1.69. The van der Waals surface area contributed by atoms with Crippen molar-refractivity contribution >= 4 is 29.0 Å². The number of thiocarbonyl (C=S) groups is 1. The van der Waals surface area contributed by atoms with Crippen molar-refractivity contribution < 1.29 is 13.9 Å². The normalized spacial score (nSPS) is 21.7. The number of nitrogens with one attached hydrogen (secondary N) is 1. The van der Waals surface area contributed by atoms with Gasteiger partial charge in [0.1, 0.15) is 11.9 Å². The van der Waals surface area contributed by atoms with Crippen molar-refractivity contribution in [3.63, 3.8) is 0 Å². The van der Waals surface area contributed by atoms with E-state index in [4.69, 9.17) is 17.0 Å². The van der Waals surface area contributed by atoms with Crippen molar-refractivity contribution in [3.05, 3.63) is 29.6 Å². The fourth-order valence-corrected chi connectivity index (χ4v) is 3.61. The molecule has 130 valence electrons. The Bertz CT molecular complexity index is 631. The van der Waals surface area contributed by atoms with Gasteiger partial charge in [-0.2, -0.15) is 0 Å². The smallest absolute Gasteiger partial charge is 0.414 e. The van der Waals surface area contributed by atoms with Gasteiger partial charge >= 0.3 is 6.09 Å². The zero-order valence-corrected chi connectivity index (χ0v) is 14.7. The summed E-state index contributed by atoms with van der Waals surface area (Å²) < 4.78 is 19.9. The van der Waals surface area contributed by atoms with Crippen LogP contribution in [0.2, 0.25) is 0 Å². The molecule has 1 saturated carbocycles. The molecule has 3 rings (SSSR count). The number of ether oxygens (including phenoxy) is 1. The molecular weight excluding hydrogens is 327 g/mol. The van der Waals surface area contributed by atoms with E-state index in [1.54, 1.807) is 6.92 Å². The predicted molar refractivity (Wildman–Crippen MR) is 96.1 cm³/mol. The monoisotopic (exact) mass is 350 g/mol. The van der Waals surface area contributed by atoms with Crippen molar-refractivity contribution in [1.82, 2.24) is 5.32 Å². The van der Waals surface area contributed by atoms with Crippen LogP contribution in [0.15, 0.2) is 18.2 Å². The Kier molecular flexibility index (Phi) is 5.33. The lowest BCUT2D eigenvalue weighted by Gasteiger charge is -2.23. The van der Waals surface area contributed by atoms with E-state index < -0.39 is 6.09 Å². The molecular formula is C18H23FN2O2S. The van der Waals surface area contributed by atoms with Gasteiger partial charge in [0.15, 0.2) is 0 Å². The summed E-state index contributed by atoms with van der Waals surface area (Å²) in [6.45, 7) is 2.65. The number of halogens is 1. The number of hydrogen-bond acceptors (Lipinski definition) is 3. The van der Waals surface area contributed by atoms with Gasteiger partial charge in [-0.05, 0) is 43.4 Å². The number of hydrogen-bond donors (Lipinski definition) is 1. The van der Waals surface area contributed by atoms with E-state index in [2.05, 4.69) is 5.32 Å². The third-order valence-electron chi connectivity index (χ3n) is 4.79. The molecule has 0 spiro atoms. The lowest BCUT2D eigenvalue weighted by atomic mass is 9.84. The molecule has 2 aliphatic rings. The minimum atomic E-state index is -0.436. The van der Waals surface area contributed by atoms with Crippen LogP contribution in [0.5, 0.6) is 0 Å². The second kappa shape index (κ2) is 7.47. The highest BCUT2D eigenvalue weighted by molar-refractivity contribution is 7.80. The Morgan fingerprint density at radius 3 is 2.79 bits per heavy atom. The quantitative estimate of drug-likeness (QED) is 0.829. The molecule has 0 radical (unpaired) electrons. The topological polar surface area (TPSA) is 41.6 Å². The van der Waals surface area contributed by atoms with E-state index in [0.29, 0.717) is 29.7 Å². The first-order valence-corrected chi connectivity index (χ1v) is 8.97. The largest absolute Gasteiger partial charge is 0.442 e. The summed E-state index contributed by atoms with van der Waals surface area (Å²) in [5, 5.41) is 3.00. The fourth-order valence-electron chi connectivity index (χ4n) is 3.52. The van der Waals surface area contributed by atoms with Gasteiger partial charge in [-0.25, -0.2) is 9.18 Å². The minimum Gasteiger partial charge on any atom is -0.442 e. The third-order valence-corrected chi connectivity index (χ3v) is 4.94. The molecule has 24 heavy (non-hydrogen) atoms. The van der Waals surface area contributed by atoms with Crippen molar-refractivity contribution in [2.75, 3.05) is 18.0 Å². The highest BCUT2D eigenvalue weighted by atomic mass is 32.1. The molecule has 2 fully saturated rings. The first-order chi connectivity index (χ1) is 11.5. The number of amides is 1. The average Bonchev–Trinajstić information content (AvgIpc) is 2.94. The molecule has 0 bridgehead atoms. The number of nitrogens with zero attached hydrogens (tertiary/aromatic N) is 1. The highest BCUT2D eigenvalue weighted by Crippen LogP contribution is 2.35. The Morgan fingerprint density at radius 2 is 2.12 bits per heavy atom. The molecule has 1 aromatic rings. The molecule has 1 saturated heterocycles. The van der Waals surface area contributed by atoms with Crippen molar-refractivity contribution in [1.29, 1.82) is 0 Å². The molecule has 1 aliphatic carbocycles. The van der Waals surface area contributed by atoms with Gasteiger partial charge in [0.2, 0.25) is 0 Å². The summed E-state index contributed by atoms with van der Waals surface area (Å²) in [4.78, 5) is 14.2. The van der Waals surface area contributed by atoms with Gasteiger partial charge in [0.05, 0.1) is 23.8 Å². The number of anilines is 1. The molecule has 6 heteroatoms. The van der Waals surface area contributed by atoms with E-state index in [1.165, 1.54) is 17.4 Å². The van der Waals surface area contributed by atoms with E-state index in [0.717, 1.165) is 31.2 Å². The average molecular weight is 350 g/mol. The number of cyclic esters (lactones) is 1. The SMILES string of the molecule is CC(=S)NC[C@H]1CN(c2ccc(C3CCCCC3)c(F)c2)C(=O)O1. The highest BCUT2D eigenvalue weighted by Gasteiger charge is 2.32. The van der Waals surface area contributed by atoms with E-state index >= 15 is 0 Å². The van der Waals surface area contributed by atoms with Crippen LogP contribution < -0.4 is 10.2 Å². The van der Waals surface area contributed by atoms with Gasteiger partial charge < -0.3 is 10.1 Å². The maximum absolute atomic E-state index is 14.6. The summed E-state index contributed by atoms with van der Waals surface area (Å²) in [5.41, 5.74) is 1.33. The predicted octanol–water partition coefficient (Wildman–Crippen LogP) is 4.14. The van der Waals surface area contributed by atoms with Crippen molar-refractivity contribution in [2.45, 2.75) is 51.0 Å². The molecule has 1 aromatic carbocycles. The van der Waals surface area contributed by atoms with Crippen LogP contribution in [-0.2, 0) is 4.74 Å². The minimum absolute atomic E-state index is 0.219. The lowest BCUT2D eigenvalue weighted by Crippen LogP contribution is -2.32. The molecule has 1 N–H and O–H groups in total. The zero-order valence-electron chi connectivity index (χ0n) is 13.9. The van der Waals surface area contributed by atoms with Crippen LogP contribution in [0.4, 0.5) is 14.9 Å². The Morgan fingerprint density at radius 1 is 1.38 bits per heavy atom. The van der Waals surface area contributed by atoms with Gasteiger partial charge in [0.25, 0.3) is 0 Å². The number of carbonyl (C=O) groups is 1. The van der Waals surface area contributed by atoms with E-state index in [1.807, 2.05) is 12.1 Å². The Labute approximate surface area is 147 Å². The van der Waals surface area contributed by atoms with Crippen LogP contribution in [0.1, 0.15) is 50.5 Å². The molecule has 1 atom stereocenters. The summed E-state index contributed by atoms with van der Waals surface area (Å²) in [6.07, 6.45) is 4.95. The molecule has 1 heterocycles. The first kappa shape index (κ1) is 17.1. The second-order valence-electron chi connectivity index (χ2n) is 6.59. The van der Waals surface area contributed by atoms with Gasteiger partial charge in [-0.3, -0.25) is 4.90 Å². The van der Waals surface area contributed by atoms with Gasteiger partial charge in [0, 0.05) is 0 Å². The second-order valence-corrected chi connectivity index (χ2v) is 7.21. The maximum atomic E-state index is 14.6. The third kappa shape index (κ3) is 3.86. The van der Waals surface area contributed by atoms with Crippen LogP contribution in [0.3, 0.4) is 0 Å². The first-order valence-electron chi connectivity index (χ1n) is 8.56. The van der Waals surface area contributed by atoms with Crippen LogP contribution in [0, 0.1) is 5.82 Å². The summed E-state index contributed by atoms with van der Waals surface area (Å²) in [7, 11) is 0.